The van der Waals surface area contributed by atoms with Crippen molar-refractivity contribution in [1.82, 2.24) is 14.8 Å². The molecule has 1 aromatic heterocycles. The van der Waals surface area contributed by atoms with Crippen LogP contribution in [0.2, 0.25) is 0 Å². The molecule has 7 nitrogen and oxygen atoms in total. The molecule has 3 aromatic rings. The largest absolute Gasteiger partial charge is 0.485 e. The molecule has 0 N–H and O–H groups in total. The molecule has 4 rings (SSSR count). The summed E-state index contributed by atoms with van der Waals surface area (Å²) in [5.41, 5.74) is 0.859. The van der Waals surface area contributed by atoms with Crippen LogP contribution in [0.15, 0.2) is 59.8 Å². The quantitative estimate of drug-likeness (QED) is 0.618. The lowest BCUT2D eigenvalue weighted by Gasteiger charge is -2.25. The third kappa shape index (κ3) is 3.68. The van der Waals surface area contributed by atoms with Crippen molar-refractivity contribution in [3.63, 3.8) is 0 Å². The van der Waals surface area contributed by atoms with E-state index in [0.717, 1.165) is 11.4 Å². The fraction of sp³-hybridized carbons (Fsp3) is 0.250. The molecule has 1 aliphatic heterocycles. The predicted octanol–water partition coefficient (Wildman–Crippen LogP) is 3.08. The Balaban J connectivity index is 1.41. The molecule has 28 heavy (non-hydrogen) atoms. The monoisotopic (exact) mass is 396 g/mol. The molecule has 1 atom stereocenters. The molecule has 8 heteroatoms. The minimum Gasteiger partial charge on any atom is -0.485 e. The smallest absolute Gasteiger partial charge is 0.237 e. The zero-order chi connectivity index (χ0) is 19.5. The number of nitrogens with zero attached hydrogens (tertiary/aromatic N) is 4. The van der Waals surface area contributed by atoms with Crippen molar-refractivity contribution in [2.75, 3.05) is 24.3 Å². The number of amides is 1. The minimum atomic E-state index is -0.343. The number of benzene rings is 2. The van der Waals surface area contributed by atoms with Crippen molar-refractivity contribution >= 4 is 23.4 Å². The van der Waals surface area contributed by atoms with Gasteiger partial charge in [0.1, 0.15) is 6.61 Å². The summed E-state index contributed by atoms with van der Waals surface area (Å²) in [4.78, 5) is 14.1. The first-order chi connectivity index (χ1) is 13.6. The lowest BCUT2D eigenvalue weighted by Crippen LogP contribution is -2.28. The van der Waals surface area contributed by atoms with Gasteiger partial charge in [0.25, 0.3) is 0 Å². The predicted molar refractivity (Wildman–Crippen MR) is 107 cm³/mol. The highest BCUT2D eigenvalue weighted by Gasteiger charge is 2.27. The van der Waals surface area contributed by atoms with Crippen LogP contribution in [0.4, 0.5) is 5.69 Å². The highest BCUT2D eigenvalue weighted by Crippen LogP contribution is 2.35. The number of rotatable bonds is 5. The molecule has 0 fully saturated rings. The van der Waals surface area contributed by atoms with Gasteiger partial charge >= 0.3 is 0 Å². The Hall–Kier alpha value is -3.00. The van der Waals surface area contributed by atoms with Gasteiger partial charge in [-0.2, -0.15) is 0 Å². The number of para-hydroxylation sites is 3. The van der Waals surface area contributed by atoms with Gasteiger partial charge < -0.3 is 18.9 Å². The van der Waals surface area contributed by atoms with Crippen LogP contribution in [0.25, 0.3) is 0 Å². The van der Waals surface area contributed by atoms with Crippen LogP contribution in [0.1, 0.15) is 11.9 Å². The minimum absolute atomic E-state index is 0.00747. The lowest BCUT2D eigenvalue weighted by atomic mass is 10.2. The number of anilines is 1. The lowest BCUT2D eigenvalue weighted by molar-refractivity contribution is -0.115. The second-order valence-corrected chi connectivity index (χ2v) is 7.28. The molecule has 0 spiro atoms. The molecule has 1 amide bonds. The molecular weight excluding hydrogens is 376 g/mol. The molecule has 2 heterocycles. The number of fused-ring (bicyclic) bond motifs is 1. The maximum absolute atomic E-state index is 12.5. The summed E-state index contributed by atoms with van der Waals surface area (Å²) in [5.74, 6) is 2.34. The maximum Gasteiger partial charge on any atom is 0.237 e. The highest BCUT2D eigenvalue weighted by atomic mass is 32.2. The fourth-order valence-electron chi connectivity index (χ4n) is 2.90. The molecular formula is C20H20N4O3S. The normalized spacial score (nSPS) is 15.3. The van der Waals surface area contributed by atoms with E-state index in [1.165, 1.54) is 11.8 Å². The molecule has 1 aliphatic rings. The molecule has 0 radical (unpaired) electrons. The Labute approximate surface area is 167 Å². The molecule has 0 bridgehead atoms. The van der Waals surface area contributed by atoms with Gasteiger partial charge in [0.2, 0.25) is 5.91 Å². The third-order valence-corrected chi connectivity index (χ3v) is 5.51. The van der Waals surface area contributed by atoms with Gasteiger partial charge in [-0.3, -0.25) is 4.79 Å². The van der Waals surface area contributed by atoms with E-state index in [1.54, 1.807) is 11.9 Å². The second-order valence-electron chi connectivity index (χ2n) is 6.34. The fourth-order valence-corrected chi connectivity index (χ4v) is 3.73. The molecule has 144 valence electrons. The van der Waals surface area contributed by atoms with Gasteiger partial charge in [-0.1, -0.05) is 42.1 Å². The van der Waals surface area contributed by atoms with Crippen LogP contribution in [0, 0.1) is 0 Å². The van der Waals surface area contributed by atoms with Crippen molar-refractivity contribution in [1.29, 1.82) is 0 Å². The average molecular weight is 396 g/mol. The van der Waals surface area contributed by atoms with E-state index >= 15 is 0 Å². The molecule has 0 saturated heterocycles. The van der Waals surface area contributed by atoms with Gasteiger partial charge in [-0.25, -0.2) is 0 Å². The van der Waals surface area contributed by atoms with Crippen molar-refractivity contribution in [3.05, 3.63) is 60.4 Å². The summed E-state index contributed by atoms with van der Waals surface area (Å²) in [6.45, 7) is 0.364. The summed E-state index contributed by atoms with van der Waals surface area (Å²) < 4.78 is 13.6. The van der Waals surface area contributed by atoms with E-state index in [4.69, 9.17) is 9.47 Å². The van der Waals surface area contributed by atoms with Crippen molar-refractivity contribution < 1.29 is 14.3 Å². The van der Waals surface area contributed by atoms with Gasteiger partial charge in [0, 0.05) is 19.8 Å². The number of carbonyl (C=O) groups excluding carboxylic acids is 1. The molecule has 1 unspecified atom stereocenters. The van der Waals surface area contributed by atoms with Crippen LogP contribution in [0.3, 0.4) is 0 Å². The second kappa shape index (κ2) is 7.93. The van der Waals surface area contributed by atoms with E-state index in [0.29, 0.717) is 23.3 Å². The number of carbonyl (C=O) groups is 1. The van der Waals surface area contributed by atoms with E-state index in [2.05, 4.69) is 10.2 Å². The first kappa shape index (κ1) is 18.4. The number of hydrogen-bond donors (Lipinski definition) is 0. The summed E-state index contributed by atoms with van der Waals surface area (Å²) in [6, 6.07) is 17.1. The first-order valence-corrected chi connectivity index (χ1v) is 9.84. The van der Waals surface area contributed by atoms with Crippen LogP contribution in [-0.4, -0.2) is 40.1 Å². The van der Waals surface area contributed by atoms with Crippen molar-refractivity contribution in [2.24, 2.45) is 7.05 Å². The van der Waals surface area contributed by atoms with Gasteiger partial charge in [0.15, 0.2) is 28.6 Å². The Morgan fingerprint density at radius 3 is 2.64 bits per heavy atom. The van der Waals surface area contributed by atoms with E-state index in [9.17, 15) is 4.79 Å². The van der Waals surface area contributed by atoms with Crippen molar-refractivity contribution in [3.8, 4) is 11.5 Å². The number of thioether (sulfide) groups is 1. The number of aromatic nitrogens is 3. The SMILES string of the molecule is CN(C(=O)CSc1nnc(C2COc3ccccc3O2)n1C)c1ccccc1. The Morgan fingerprint density at radius 2 is 1.86 bits per heavy atom. The summed E-state index contributed by atoms with van der Waals surface area (Å²) in [7, 11) is 3.64. The van der Waals surface area contributed by atoms with Crippen LogP contribution in [-0.2, 0) is 11.8 Å². The zero-order valence-electron chi connectivity index (χ0n) is 15.6. The van der Waals surface area contributed by atoms with Crippen LogP contribution < -0.4 is 14.4 Å². The van der Waals surface area contributed by atoms with Gasteiger partial charge in [0.05, 0.1) is 5.75 Å². The van der Waals surface area contributed by atoms with Gasteiger partial charge in [-0.05, 0) is 24.3 Å². The molecule has 2 aromatic carbocycles. The number of ether oxygens (including phenoxy) is 2. The van der Waals surface area contributed by atoms with E-state index in [1.807, 2.05) is 66.2 Å². The van der Waals surface area contributed by atoms with Crippen molar-refractivity contribution in [2.45, 2.75) is 11.3 Å². The number of hydrogen-bond acceptors (Lipinski definition) is 6. The standard InChI is InChI=1S/C20H20N4O3S/c1-23(14-8-4-3-5-9-14)18(25)13-28-20-22-21-19(24(20)2)17-12-26-15-10-6-7-11-16(15)27-17/h3-11,17H,12-13H2,1-2H3. The first-order valence-electron chi connectivity index (χ1n) is 8.85. The maximum atomic E-state index is 12.5. The van der Waals surface area contributed by atoms with Gasteiger partial charge in [-0.15, -0.1) is 10.2 Å². The zero-order valence-corrected chi connectivity index (χ0v) is 16.4. The van der Waals surface area contributed by atoms with Crippen LogP contribution >= 0.6 is 11.8 Å². The Bertz CT molecular complexity index is 977. The average Bonchev–Trinajstić information content (AvgIpc) is 3.12. The Kier molecular flexibility index (Phi) is 5.21. The molecule has 0 aliphatic carbocycles. The van der Waals surface area contributed by atoms with E-state index in [-0.39, 0.29) is 17.8 Å². The van der Waals surface area contributed by atoms with Crippen LogP contribution in [0.5, 0.6) is 11.5 Å². The molecule has 0 saturated carbocycles. The summed E-state index contributed by atoms with van der Waals surface area (Å²) in [6.07, 6.45) is -0.343. The Morgan fingerprint density at radius 1 is 1.14 bits per heavy atom. The highest BCUT2D eigenvalue weighted by molar-refractivity contribution is 7.99. The van der Waals surface area contributed by atoms with E-state index < -0.39 is 0 Å². The third-order valence-electron chi connectivity index (χ3n) is 4.51. The summed E-state index contributed by atoms with van der Waals surface area (Å²) >= 11 is 1.35. The topological polar surface area (TPSA) is 69.5 Å². The summed E-state index contributed by atoms with van der Waals surface area (Å²) in [5, 5.41) is 9.14.